The summed E-state index contributed by atoms with van der Waals surface area (Å²) < 4.78 is 10.3. The van der Waals surface area contributed by atoms with E-state index in [1.54, 1.807) is 13.0 Å². The van der Waals surface area contributed by atoms with Gasteiger partial charge in [0, 0.05) is 13.2 Å². The summed E-state index contributed by atoms with van der Waals surface area (Å²) in [5, 5.41) is 19.8. The Bertz CT molecular complexity index is 393. The van der Waals surface area contributed by atoms with Crippen molar-refractivity contribution in [2.75, 3.05) is 13.7 Å². The molecule has 0 fully saturated rings. The lowest BCUT2D eigenvalue weighted by atomic mass is 10.2. The fourth-order valence-corrected chi connectivity index (χ4v) is 1.39. The molecule has 17 heavy (non-hydrogen) atoms. The van der Waals surface area contributed by atoms with Crippen molar-refractivity contribution in [2.45, 2.75) is 19.6 Å². The first kappa shape index (κ1) is 13.4. The van der Waals surface area contributed by atoms with E-state index in [1.165, 1.54) is 19.2 Å². The molecule has 1 N–H and O–H groups in total. The topological polar surface area (TPSA) is 81.8 Å². The number of nitrogens with zero attached hydrogens (tertiary/aromatic N) is 1. The van der Waals surface area contributed by atoms with Gasteiger partial charge in [-0.2, -0.15) is 0 Å². The molecule has 0 aliphatic carbocycles. The molecule has 6 nitrogen and oxygen atoms in total. The van der Waals surface area contributed by atoms with E-state index in [2.05, 4.69) is 0 Å². The van der Waals surface area contributed by atoms with Crippen molar-refractivity contribution in [3.05, 3.63) is 33.9 Å². The van der Waals surface area contributed by atoms with E-state index in [-0.39, 0.29) is 24.1 Å². The Labute approximate surface area is 98.9 Å². The molecule has 1 atom stereocenters. The zero-order valence-corrected chi connectivity index (χ0v) is 9.75. The Morgan fingerprint density at radius 3 is 2.76 bits per heavy atom. The zero-order chi connectivity index (χ0) is 12.8. The van der Waals surface area contributed by atoms with Gasteiger partial charge in [-0.15, -0.1) is 0 Å². The minimum absolute atomic E-state index is 0.153. The van der Waals surface area contributed by atoms with Crippen LogP contribution >= 0.6 is 0 Å². The quantitative estimate of drug-likeness (QED) is 0.603. The molecule has 0 saturated carbocycles. The third-order valence-electron chi connectivity index (χ3n) is 2.13. The number of ether oxygens (including phenoxy) is 2. The molecular weight excluding hydrogens is 226 g/mol. The largest absolute Gasteiger partial charge is 0.481 e. The standard InChI is InChI=1S/C11H15NO5/c1-8(7-16-2)17-11-4-3-9(6-13)5-10(11)12(14)15/h3-5,8,13H,6-7H2,1-2H3. The molecule has 1 aromatic carbocycles. The Kier molecular flexibility index (Phi) is 4.86. The fourth-order valence-electron chi connectivity index (χ4n) is 1.39. The van der Waals surface area contributed by atoms with E-state index in [0.717, 1.165) is 0 Å². The van der Waals surface area contributed by atoms with Crippen molar-refractivity contribution in [1.82, 2.24) is 0 Å². The molecule has 0 spiro atoms. The molecule has 94 valence electrons. The van der Waals surface area contributed by atoms with Crippen molar-refractivity contribution < 1.29 is 19.5 Å². The second-order valence-electron chi connectivity index (χ2n) is 3.60. The summed E-state index contributed by atoms with van der Waals surface area (Å²) in [6.07, 6.45) is -0.279. The normalized spacial score (nSPS) is 12.2. The van der Waals surface area contributed by atoms with Crippen LogP contribution < -0.4 is 4.74 Å². The average Bonchev–Trinajstić information content (AvgIpc) is 2.29. The Hall–Kier alpha value is -1.66. The first-order valence-corrected chi connectivity index (χ1v) is 5.12. The number of hydrogen-bond donors (Lipinski definition) is 1. The van der Waals surface area contributed by atoms with Crippen LogP contribution in [0.2, 0.25) is 0 Å². The summed E-state index contributed by atoms with van der Waals surface area (Å²) in [5.74, 6) is 0.178. The average molecular weight is 241 g/mol. The number of benzene rings is 1. The molecule has 0 aliphatic heterocycles. The summed E-state index contributed by atoms with van der Waals surface area (Å²) in [4.78, 5) is 10.3. The van der Waals surface area contributed by atoms with Gasteiger partial charge in [0.05, 0.1) is 18.1 Å². The SMILES string of the molecule is COCC(C)Oc1ccc(CO)cc1[N+](=O)[O-]. The molecule has 1 rings (SSSR count). The van der Waals surface area contributed by atoms with Gasteiger partial charge in [0.2, 0.25) is 0 Å². The van der Waals surface area contributed by atoms with Crippen molar-refractivity contribution in [2.24, 2.45) is 0 Å². The summed E-state index contributed by atoms with van der Waals surface area (Å²) in [5.41, 5.74) is 0.322. The Balaban J connectivity index is 2.94. The van der Waals surface area contributed by atoms with E-state index in [1.807, 2.05) is 0 Å². The lowest BCUT2D eigenvalue weighted by Crippen LogP contribution is -2.18. The summed E-state index contributed by atoms with van der Waals surface area (Å²) in [7, 11) is 1.53. The van der Waals surface area contributed by atoms with Crippen molar-refractivity contribution in [3.8, 4) is 5.75 Å². The summed E-state index contributed by atoms with van der Waals surface area (Å²) in [6.45, 7) is 1.86. The minimum Gasteiger partial charge on any atom is -0.481 e. The molecule has 1 unspecified atom stereocenters. The van der Waals surface area contributed by atoms with Crippen LogP contribution in [0.25, 0.3) is 0 Å². The van der Waals surface area contributed by atoms with Crippen LogP contribution in [0, 0.1) is 10.1 Å². The highest BCUT2D eigenvalue weighted by atomic mass is 16.6. The summed E-state index contributed by atoms with van der Waals surface area (Å²) in [6, 6.07) is 4.37. The van der Waals surface area contributed by atoms with Gasteiger partial charge in [-0.05, 0) is 18.6 Å². The van der Waals surface area contributed by atoms with E-state index in [0.29, 0.717) is 12.2 Å². The van der Waals surface area contributed by atoms with Crippen LogP contribution in [0.5, 0.6) is 5.75 Å². The molecule has 6 heteroatoms. The maximum Gasteiger partial charge on any atom is 0.311 e. The molecule has 0 radical (unpaired) electrons. The van der Waals surface area contributed by atoms with Crippen LogP contribution in [0.4, 0.5) is 5.69 Å². The highest BCUT2D eigenvalue weighted by molar-refractivity contribution is 5.48. The van der Waals surface area contributed by atoms with Crippen LogP contribution in [0.3, 0.4) is 0 Å². The van der Waals surface area contributed by atoms with Crippen LogP contribution in [-0.4, -0.2) is 29.9 Å². The number of rotatable bonds is 6. The zero-order valence-electron chi connectivity index (χ0n) is 9.75. The van der Waals surface area contributed by atoms with E-state index in [9.17, 15) is 10.1 Å². The Morgan fingerprint density at radius 1 is 1.53 bits per heavy atom. The van der Waals surface area contributed by atoms with Crippen LogP contribution in [-0.2, 0) is 11.3 Å². The maximum atomic E-state index is 10.8. The lowest BCUT2D eigenvalue weighted by molar-refractivity contribution is -0.386. The number of hydrogen-bond acceptors (Lipinski definition) is 5. The number of aliphatic hydroxyl groups excluding tert-OH is 1. The van der Waals surface area contributed by atoms with Gasteiger partial charge in [-0.3, -0.25) is 10.1 Å². The fraction of sp³-hybridized carbons (Fsp3) is 0.455. The third-order valence-corrected chi connectivity index (χ3v) is 2.13. The van der Waals surface area contributed by atoms with Crippen LogP contribution in [0.15, 0.2) is 18.2 Å². The number of methoxy groups -OCH3 is 1. The molecule has 0 heterocycles. The third kappa shape index (κ3) is 3.69. The highest BCUT2D eigenvalue weighted by Crippen LogP contribution is 2.28. The van der Waals surface area contributed by atoms with Gasteiger partial charge < -0.3 is 14.6 Å². The minimum atomic E-state index is -0.534. The molecule has 0 aliphatic rings. The molecule has 1 aromatic rings. The number of nitro groups is 1. The molecule has 0 aromatic heterocycles. The van der Waals surface area contributed by atoms with Gasteiger partial charge >= 0.3 is 5.69 Å². The van der Waals surface area contributed by atoms with Gasteiger partial charge in [0.1, 0.15) is 6.10 Å². The van der Waals surface area contributed by atoms with Gasteiger partial charge in [0.25, 0.3) is 0 Å². The number of nitro benzene ring substituents is 1. The van der Waals surface area contributed by atoms with E-state index >= 15 is 0 Å². The van der Waals surface area contributed by atoms with E-state index in [4.69, 9.17) is 14.6 Å². The number of aliphatic hydroxyl groups is 1. The van der Waals surface area contributed by atoms with Crippen molar-refractivity contribution in [3.63, 3.8) is 0 Å². The maximum absolute atomic E-state index is 10.8. The molecule has 0 amide bonds. The molecule has 0 bridgehead atoms. The predicted molar refractivity (Wildman–Crippen MR) is 61.0 cm³/mol. The molecular formula is C11H15NO5. The predicted octanol–water partition coefficient (Wildman–Crippen LogP) is 1.50. The second-order valence-corrected chi connectivity index (χ2v) is 3.60. The lowest BCUT2D eigenvalue weighted by Gasteiger charge is -2.13. The highest BCUT2D eigenvalue weighted by Gasteiger charge is 2.17. The van der Waals surface area contributed by atoms with Gasteiger partial charge in [0.15, 0.2) is 5.75 Å². The first-order valence-electron chi connectivity index (χ1n) is 5.12. The van der Waals surface area contributed by atoms with Gasteiger partial charge in [-0.25, -0.2) is 0 Å². The van der Waals surface area contributed by atoms with Crippen molar-refractivity contribution in [1.29, 1.82) is 0 Å². The van der Waals surface area contributed by atoms with E-state index < -0.39 is 4.92 Å². The van der Waals surface area contributed by atoms with Crippen molar-refractivity contribution >= 4 is 5.69 Å². The van der Waals surface area contributed by atoms with Gasteiger partial charge in [-0.1, -0.05) is 6.07 Å². The smallest absolute Gasteiger partial charge is 0.311 e. The first-order chi connectivity index (χ1) is 8.08. The Morgan fingerprint density at radius 2 is 2.24 bits per heavy atom. The van der Waals surface area contributed by atoms with Crippen LogP contribution in [0.1, 0.15) is 12.5 Å². The monoisotopic (exact) mass is 241 g/mol. The molecule has 0 saturated heterocycles. The second kappa shape index (κ2) is 6.17. The summed E-state index contributed by atoms with van der Waals surface area (Å²) >= 11 is 0.